The zero-order valence-corrected chi connectivity index (χ0v) is 18.3. The summed E-state index contributed by atoms with van der Waals surface area (Å²) in [5.41, 5.74) is 4.83. The van der Waals surface area contributed by atoms with Crippen molar-refractivity contribution in [1.29, 1.82) is 0 Å². The van der Waals surface area contributed by atoms with E-state index < -0.39 is 0 Å². The van der Waals surface area contributed by atoms with Gasteiger partial charge >= 0.3 is 0 Å². The molecule has 1 aliphatic heterocycles. The lowest BCUT2D eigenvalue weighted by Gasteiger charge is -2.11. The number of anilines is 1. The summed E-state index contributed by atoms with van der Waals surface area (Å²) in [4.78, 5) is 17.5. The molecule has 2 aromatic heterocycles. The Morgan fingerprint density at radius 2 is 1.84 bits per heavy atom. The molecular weight excluding hydrogens is 424 g/mol. The molecule has 1 aliphatic rings. The molecule has 0 spiro atoms. The Kier molecular flexibility index (Phi) is 5.78. The average Bonchev–Trinajstić information content (AvgIpc) is 3.51. The molecule has 154 valence electrons. The van der Waals surface area contributed by atoms with Gasteiger partial charge in [0.2, 0.25) is 0 Å². The highest BCUT2D eigenvalue weighted by Crippen LogP contribution is 2.45. The van der Waals surface area contributed by atoms with Crippen LogP contribution < -0.4 is 5.32 Å². The molecule has 0 saturated carbocycles. The maximum Gasteiger partial charge on any atom is 0.259 e. The molecule has 7 heteroatoms. The number of thioether (sulfide) groups is 2. The van der Waals surface area contributed by atoms with Crippen molar-refractivity contribution >= 4 is 35.1 Å². The number of aromatic nitrogens is 3. The molecule has 0 aliphatic carbocycles. The first-order valence-electron chi connectivity index (χ1n) is 9.98. The van der Waals surface area contributed by atoms with Crippen LogP contribution in [0.1, 0.15) is 20.5 Å². The molecule has 0 atom stereocenters. The highest BCUT2D eigenvalue weighted by molar-refractivity contribution is 8.19. The number of hydrogen-bond donors (Lipinski definition) is 1. The molecule has 1 saturated heterocycles. The van der Waals surface area contributed by atoms with Crippen molar-refractivity contribution in [3.63, 3.8) is 0 Å². The third-order valence-corrected chi connectivity index (χ3v) is 8.06. The lowest BCUT2D eigenvalue weighted by molar-refractivity contribution is 0.102. The van der Waals surface area contributed by atoms with Gasteiger partial charge in [-0.25, -0.2) is 4.68 Å². The number of carbonyl (C=O) groups is 1. The van der Waals surface area contributed by atoms with Crippen molar-refractivity contribution in [1.82, 2.24) is 14.8 Å². The Balaban J connectivity index is 1.48. The maximum absolute atomic E-state index is 13.3. The lowest BCUT2D eigenvalue weighted by Crippen LogP contribution is -2.12. The van der Waals surface area contributed by atoms with E-state index in [-0.39, 0.29) is 5.91 Å². The Hall–Kier alpha value is -3.03. The molecule has 5 rings (SSSR count). The van der Waals surface area contributed by atoms with Crippen molar-refractivity contribution < 1.29 is 4.79 Å². The number of carbonyl (C=O) groups excluding carboxylic acids is 1. The molecule has 3 heterocycles. The highest BCUT2D eigenvalue weighted by atomic mass is 32.2. The predicted molar refractivity (Wildman–Crippen MR) is 129 cm³/mol. The van der Waals surface area contributed by atoms with Gasteiger partial charge in [0.1, 0.15) is 5.69 Å². The van der Waals surface area contributed by atoms with Gasteiger partial charge in [-0.2, -0.15) is 5.10 Å². The van der Waals surface area contributed by atoms with Gasteiger partial charge in [-0.05, 0) is 42.0 Å². The first-order valence-corrected chi connectivity index (χ1v) is 12.1. The van der Waals surface area contributed by atoms with E-state index in [0.29, 0.717) is 15.8 Å². The summed E-state index contributed by atoms with van der Waals surface area (Å²) in [5.74, 6) is 2.14. The Morgan fingerprint density at radius 3 is 2.61 bits per heavy atom. The second-order valence-electron chi connectivity index (χ2n) is 7.07. The molecule has 4 aromatic rings. The number of pyridine rings is 1. The van der Waals surface area contributed by atoms with Crippen LogP contribution in [-0.2, 0) is 0 Å². The number of para-hydroxylation sites is 1. The molecule has 0 unspecified atom stereocenters. The van der Waals surface area contributed by atoms with Crippen LogP contribution in [0.3, 0.4) is 0 Å². The molecule has 0 radical (unpaired) electrons. The van der Waals surface area contributed by atoms with Gasteiger partial charge in [-0.1, -0.05) is 30.3 Å². The first-order chi connectivity index (χ1) is 15.3. The molecule has 0 bridgehead atoms. The minimum Gasteiger partial charge on any atom is -0.322 e. The van der Waals surface area contributed by atoms with Crippen molar-refractivity contribution in [2.45, 2.75) is 4.58 Å². The maximum atomic E-state index is 13.3. The molecule has 1 amide bonds. The summed E-state index contributed by atoms with van der Waals surface area (Å²) >= 11 is 3.90. The minimum absolute atomic E-state index is 0.190. The fourth-order valence-corrected chi connectivity index (χ4v) is 6.32. The normalized spacial score (nSPS) is 13.9. The summed E-state index contributed by atoms with van der Waals surface area (Å²) in [6.45, 7) is 0. The van der Waals surface area contributed by atoms with Crippen molar-refractivity contribution in [3.8, 4) is 16.9 Å². The standard InChI is InChI=1S/C24H20N4OS2/c29-23(26-19-8-4-6-17(14-19)24-30-12-13-31-24)21-16-28(20-9-2-1-3-10-20)27-22(21)18-7-5-11-25-15-18/h1-11,14-16,24H,12-13H2,(H,26,29). The zero-order valence-electron chi connectivity index (χ0n) is 16.6. The average molecular weight is 445 g/mol. The molecule has 1 fully saturated rings. The van der Waals surface area contributed by atoms with Gasteiger partial charge in [0.25, 0.3) is 5.91 Å². The Labute approximate surface area is 189 Å². The molecule has 31 heavy (non-hydrogen) atoms. The minimum atomic E-state index is -0.190. The van der Waals surface area contributed by atoms with E-state index in [0.717, 1.165) is 16.9 Å². The summed E-state index contributed by atoms with van der Waals surface area (Å²) in [6.07, 6.45) is 5.21. The van der Waals surface area contributed by atoms with E-state index in [2.05, 4.69) is 22.4 Å². The third-order valence-electron chi connectivity index (χ3n) is 4.95. The number of hydrogen-bond acceptors (Lipinski definition) is 5. The molecule has 2 aromatic carbocycles. The fourth-order valence-electron chi connectivity index (χ4n) is 3.48. The van der Waals surface area contributed by atoms with E-state index >= 15 is 0 Å². The second kappa shape index (κ2) is 8.99. The van der Waals surface area contributed by atoms with Gasteiger partial charge in [0, 0.05) is 41.3 Å². The summed E-state index contributed by atoms with van der Waals surface area (Å²) in [5, 5.41) is 7.77. The number of rotatable bonds is 5. The van der Waals surface area contributed by atoms with Crippen LogP contribution in [0.25, 0.3) is 16.9 Å². The van der Waals surface area contributed by atoms with E-state index in [1.807, 2.05) is 78.1 Å². The quantitative estimate of drug-likeness (QED) is 0.430. The highest BCUT2D eigenvalue weighted by Gasteiger charge is 2.21. The van der Waals surface area contributed by atoms with Crippen molar-refractivity contribution in [2.75, 3.05) is 16.8 Å². The van der Waals surface area contributed by atoms with Gasteiger partial charge in [-0.3, -0.25) is 9.78 Å². The van der Waals surface area contributed by atoms with Crippen molar-refractivity contribution in [3.05, 3.63) is 96.4 Å². The summed E-state index contributed by atoms with van der Waals surface area (Å²) in [7, 11) is 0. The van der Waals surface area contributed by atoms with Crippen LogP contribution in [0.2, 0.25) is 0 Å². The van der Waals surface area contributed by atoms with Gasteiger partial charge in [-0.15, -0.1) is 23.5 Å². The predicted octanol–water partition coefficient (Wildman–Crippen LogP) is 5.67. The first kappa shape index (κ1) is 19.9. The van der Waals surface area contributed by atoms with E-state index in [1.54, 1.807) is 23.3 Å². The van der Waals surface area contributed by atoms with Crippen LogP contribution in [-0.4, -0.2) is 32.2 Å². The third kappa shape index (κ3) is 4.38. The number of nitrogens with zero attached hydrogens (tertiary/aromatic N) is 3. The van der Waals surface area contributed by atoms with Crippen LogP contribution in [0.15, 0.2) is 85.3 Å². The molecule has 5 nitrogen and oxygen atoms in total. The van der Waals surface area contributed by atoms with E-state index in [9.17, 15) is 4.79 Å². The van der Waals surface area contributed by atoms with E-state index in [1.165, 1.54) is 17.1 Å². The van der Waals surface area contributed by atoms with Gasteiger partial charge in [0.05, 0.1) is 15.8 Å². The molecular formula is C24H20N4OS2. The SMILES string of the molecule is O=C(Nc1cccc(C2SCCS2)c1)c1cn(-c2ccccc2)nc1-c1cccnc1. The largest absolute Gasteiger partial charge is 0.322 e. The van der Waals surface area contributed by atoms with Crippen molar-refractivity contribution in [2.24, 2.45) is 0 Å². The smallest absolute Gasteiger partial charge is 0.259 e. The monoisotopic (exact) mass is 444 g/mol. The van der Waals surface area contributed by atoms with Crippen LogP contribution >= 0.6 is 23.5 Å². The van der Waals surface area contributed by atoms with E-state index in [4.69, 9.17) is 5.10 Å². The Morgan fingerprint density at radius 1 is 1.00 bits per heavy atom. The number of amides is 1. The Bertz CT molecular complexity index is 1190. The second-order valence-corrected chi connectivity index (χ2v) is 9.79. The lowest BCUT2D eigenvalue weighted by atomic mass is 10.1. The van der Waals surface area contributed by atoms with Gasteiger partial charge < -0.3 is 5.32 Å². The number of nitrogens with one attached hydrogen (secondary N) is 1. The summed E-state index contributed by atoms with van der Waals surface area (Å²) < 4.78 is 2.17. The van der Waals surface area contributed by atoms with Gasteiger partial charge in [0.15, 0.2) is 0 Å². The molecule has 1 N–H and O–H groups in total. The topological polar surface area (TPSA) is 59.8 Å². The zero-order chi connectivity index (χ0) is 21.0. The summed E-state index contributed by atoms with van der Waals surface area (Å²) in [6, 6.07) is 21.7. The van der Waals surface area contributed by atoms with Crippen LogP contribution in [0.5, 0.6) is 0 Å². The van der Waals surface area contributed by atoms with Crippen LogP contribution in [0.4, 0.5) is 5.69 Å². The van der Waals surface area contributed by atoms with Crippen LogP contribution in [0, 0.1) is 0 Å². The fraction of sp³-hybridized carbons (Fsp3) is 0.125. The number of benzene rings is 2.